The lowest BCUT2D eigenvalue weighted by Crippen LogP contribution is -2.14. The van der Waals surface area contributed by atoms with Crippen LogP contribution in [0.15, 0.2) is 40.3 Å². The number of furan rings is 1. The molecule has 1 aromatic carbocycles. The van der Waals surface area contributed by atoms with E-state index in [4.69, 9.17) is 9.52 Å². The van der Waals surface area contributed by atoms with E-state index in [-0.39, 0.29) is 5.76 Å². The second-order valence-corrected chi connectivity index (χ2v) is 5.47. The maximum Gasteiger partial charge on any atom is 0.371 e. The van der Waals surface area contributed by atoms with Crippen molar-refractivity contribution in [3.05, 3.63) is 47.2 Å². The number of hydrogen-bond acceptors (Lipinski definition) is 3. The van der Waals surface area contributed by atoms with E-state index >= 15 is 0 Å². The smallest absolute Gasteiger partial charge is 0.371 e. The molecule has 0 unspecified atom stereocenters. The normalized spacial score (nSPS) is 14.6. The van der Waals surface area contributed by atoms with Gasteiger partial charge >= 0.3 is 5.97 Å². The van der Waals surface area contributed by atoms with Gasteiger partial charge in [0.15, 0.2) is 0 Å². The molecule has 1 aliphatic carbocycles. The molecule has 110 valence electrons. The van der Waals surface area contributed by atoms with Crippen molar-refractivity contribution in [2.45, 2.75) is 32.2 Å². The van der Waals surface area contributed by atoms with E-state index in [1.54, 1.807) is 11.6 Å². The van der Waals surface area contributed by atoms with Gasteiger partial charge in [0.1, 0.15) is 5.58 Å². The van der Waals surface area contributed by atoms with E-state index in [2.05, 4.69) is 11.4 Å². The topological polar surface area (TPSA) is 62.5 Å². The number of carboxylic acids is 1. The van der Waals surface area contributed by atoms with E-state index in [1.807, 2.05) is 18.2 Å². The number of hydrogen-bond donors (Lipinski definition) is 2. The molecule has 0 aliphatic heterocycles. The van der Waals surface area contributed by atoms with Crippen LogP contribution in [0.4, 0.5) is 0 Å². The third-order valence-electron chi connectivity index (χ3n) is 3.88. The summed E-state index contributed by atoms with van der Waals surface area (Å²) >= 11 is 0. The zero-order valence-electron chi connectivity index (χ0n) is 11.9. The Morgan fingerprint density at radius 1 is 1.33 bits per heavy atom. The van der Waals surface area contributed by atoms with Gasteiger partial charge in [-0.2, -0.15) is 0 Å². The molecule has 21 heavy (non-hydrogen) atoms. The monoisotopic (exact) mass is 285 g/mol. The molecule has 3 rings (SSSR count). The summed E-state index contributed by atoms with van der Waals surface area (Å²) in [6, 6.07) is 7.36. The first-order chi connectivity index (χ1) is 10.2. The third-order valence-corrected chi connectivity index (χ3v) is 3.88. The van der Waals surface area contributed by atoms with Crippen LogP contribution >= 0.6 is 0 Å². The van der Waals surface area contributed by atoms with Crippen molar-refractivity contribution >= 4 is 16.9 Å². The Kier molecular flexibility index (Phi) is 4.06. The van der Waals surface area contributed by atoms with Gasteiger partial charge in [-0.3, -0.25) is 0 Å². The summed E-state index contributed by atoms with van der Waals surface area (Å²) in [4.78, 5) is 10.9. The van der Waals surface area contributed by atoms with Crippen molar-refractivity contribution in [2.75, 3.05) is 6.54 Å². The van der Waals surface area contributed by atoms with E-state index in [1.165, 1.54) is 19.3 Å². The minimum atomic E-state index is -1.03. The van der Waals surface area contributed by atoms with Crippen LogP contribution in [0, 0.1) is 0 Å². The van der Waals surface area contributed by atoms with Gasteiger partial charge in [-0.1, -0.05) is 17.7 Å². The van der Waals surface area contributed by atoms with Crippen LogP contribution in [-0.4, -0.2) is 17.6 Å². The lowest BCUT2D eigenvalue weighted by atomic mass is 10.1. The van der Waals surface area contributed by atoms with E-state index in [0.29, 0.717) is 5.58 Å². The summed E-state index contributed by atoms with van der Waals surface area (Å²) in [5.74, 6) is -1.04. The van der Waals surface area contributed by atoms with Gasteiger partial charge in [-0.05, 0) is 56.0 Å². The summed E-state index contributed by atoms with van der Waals surface area (Å²) < 4.78 is 5.25. The highest BCUT2D eigenvalue weighted by Crippen LogP contribution is 2.21. The summed E-state index contributed by atoms with van der Waals surface area (Å²) in [6.45, 7) is 1.77. The van der Waals surface area contributed by atoms with Crippen molar-refractivity contribution < 1.29 is 14.3 Å². The Bertz CT molecular complexity index is 684. The zero-order chi connectivity index (χ0) is 14.7. The first-order valence-electron chi connectivity index (χ1n) is 7.37. The van der Waals surface area contributed by atoms with Gasteiger partial charge in [0.25, 0.3) is 0 Å². The lowest BCUT2D eigenvalue weighted by molar-refractivity contribution is 0.0665. The van der Waals surface area contributed by atoms with Gasteiger partial charge < -0.3 is 14.8 Å². The standard InChI is InChI=1S/C17H19NO3/c19-17(20)16-10-14-9-13(5-6-15(14)21-16)11-18-8-7-12-3-1-2-4-12/h3,5-6,9-10,18H,1-2,4,7-8,11H2,(H,19,20). The molecule has 4 nitrogen and oxygen atoms in total. The van der Waals surface area contributed by atoms with Gasteiger partial charge in [0, 0.05) is 11.9 Å². The quantitative estimate of drug-likeness (QED) is 0.627. The average Bonchev–Trinajstić information content (AvgIpc) is 3.12. The Balaban J connectivity index is 1.57. The zero-order valence-corrected chi connectivity index (χ0v) is 11.9. The highest BCUT2D eigenvalue weighted by Gasteiger charge is 2.10. The third kappa shape index (κ3) is 3.34. The van der Waals surface area contributed by atoms with Crippen LogP contribution in [-0.2, 0) is 6.54 Å². The molecule has 0 spiro atoms. The molecule has 2 N–H and O–H groups in total. The molecule has 1 aromatic heterocycles. The molecular formula is C17H19NO3. The summed E-state index contributed by atoms with van der Waals surface area (Å²) in [7, 11) is 0. The van der Waals surface area contributed by atoms with E-state index < -0.39 is 5.97 Å². The Hall–Kier alpha value is -2.07. The Labute approximate surface area is 123 Å². The van der Waals surface area contributed by atoms with E-state index in [0.717, 1.165) is 30.5 Å². The van der Waals surface area contributed by atoms with Crippen molar-refractivity contribution in [1.82, 2.24) is 5.32 Å². The van der Waals surface area contributed by atoms with E-state index in [9.17, 15) is 4.79 Å². The minimum Gasteiger partial charge on any atom is -0.475 e. The highest BCUT2D eigenvalue weighted by atomic mass is 16.4. The Morgan fingerprint density at radius 3 is 3.00 bits per heavy atom. The van der Waals surface area contributed by atoms with Crippen LogP contribution < -0.4 is 5.32 Å². The molecular weight excluding hydrogens is 266 g/mol. The maximum absolute atomic E-state index is 10.9. The first-order valence-corrected chi connectivity index (χ1v) is 7.37. The molecule has 0 radical (unpaired) electrons. The molecule has 4 heteroatoms. The molecule has 0 bridgehead atoms. The van der Waals surface area contributed by atoms with Crippen LogP contribution in [0.2, 0.25) is 0 Å². The summed E-state index contributed by atoms with van der Waals surface area (Å²) in [6.07, 6.45) is 7.27. The number of aromatic carboxylic acids is 1. The van der Waals surface area contributed by atoms with Gasteiger partial charge in [-0.15, -0.1) is 0 Å². The molecule has 0 amide bonds. The predicted molar refractivity (Wildman–Crippen MR) is 81.4 cm³/mol. The summed E-state index contributed by atoms with van der Waals surface area (Å²) in [5.41, 5.74) is 3.33. The highest BCUT2D eigenvalue weighted by molar-refractivity contribution is 5.91. The molecule has 0 saturated carbocycles. The fourth-order valence-corrected chi connectivity index (χ4v) is 2.75. The van der Waals surface area contributed by atoms with Crippen LogP contribution in [0.3, 0.4) is 0 Å². The minimum absolute atomic E-state index is 0.0109. The number of carboxylic acid groups (broad SMARTS) is 1. The number of allylic oxidation sites excluding steroid dienone is 1. The van der Waals surface area contributed by atoms with Crippen molar-refractivity contribution in [2.24, 2.45) is 0 Å². The second kappa shape index (κ2) is 6.14. The number of nitrogens with one attached hydrogen (secondary N) is 1. The van der Waals surface area contributed by atoms with Gasteiger partial charge in [0.05, 0.1) is 0 Å². The predicted octanol–water partition coefficient (Wildman–Crippen LogP) is 3.72. The van der Waals surface area contributed by atoms with Crippen molar-refractivity contribution in [3.63, 3.8) is 0 Å². The summed E-state index contributed by atoms with van der Waals surface area (Å²) in [5, 5.41) is 13.2. The second-order valence-electron chi connectivity index (χ2n) is 5.47. The molecule has 1 heterocycles. The van der Waals surface area contributed by atoms with Crippen LogP contribution in [0.1, 0.15) is 41.8 Å². The van der Waals surface area contributed by atoms with Crippen LogP contribution in [0.5, 0.6) is 0 Å². The fourth-order valence-electron chi connectivity index (χ4n) is 2.75. The number of fused-ring (bicyclic) bond motifs is 1. The average molecular weight is 285 g/mol. The largest absolute Gasteiger partial charge is 0.475 e. The molecule has 0 saturated heterocycles. The molecule has 2 aromatic rings. The van der Waals surface area contributed by atoms with Crippen LogP contribution in [0.25, 0.3) is 11.0 Å². The molecule has 1 aliphatic rings. The number of carbonyl (C=O) groups is 1. The fraction of sp³-hybridized carbons (Fsp3) is 0.353. The lowest BCUT2D eigenvalue weighted by Gasteiger charge is -2.05. The first kappa shape index (κ1) is 13.9. The SMILES string of the molecule is O=C(O)c1cc2cc(CNCCC3=CCCC3)ccc2o1. The number of benzene rings is 1. The molecule has 0 atom stereocenters. The van der Waals surface area contributed by atoms with Gasteiger partial charge in [-0.25, -0.2) is 4.79 Å². The van der Waals surface area contributed by atoms with Gasteiger partial charge in [0.2, 0.25) is 5.76 Å². The van der Waals surface area contributed by atoms with Crippen molar-refractivity contribution in [3.8, 4) is 0 Å². The number of rotatable bonds is 6. The molecule has 0 fully saturated rings. The van der Waals surface area contributed by atoms with Crippen molar-refractivity contribution in [1.29, 1.82) is 0 Å². The maximum atomic E-state index is 10.9. The Morgan fingerprint density at radius 2 is 2.24 bits per heavy atom.